The van der Waals surface area contributed by atoms with Crippen LogP contribution in [0.4, 0.5) is 11.4 Å². The number of amides is 2. The molecular formula is C28H26N6O2. The molecule has 0 saturated carbocycles. The Morgan fingerprint density at radius 3 is 2.53 bits per heavy atom. The van der Waals surface area contributed by atoms with Crippen LogP contribution in [0.15, 0.2) is 78.3 Å². The van der Waals surface area contributed by atoms with Gasteiger partial charge in [-0.15, -0.1) is 0 Å². The Balaban J connectivity index is 1.39. The molecule has 5 rings (SSSR count). The largest absolute Gasteiger partial charge is 0.334 e. The minimum Gasteiger partial charge on any atom is -0.334 e. The van der Waals surface area contributed by atoms with Crippen molar-refractivity contribution in [1.82, 2.24) is 14.5 Å². The van der Waals surface area contributed by atoms with Crippen molar-refractivity contribution in [2.24, 2.45) is 18.1 Å². The highest BCUT2D eigenvalue weighted by atomic mass is 16.2. The third-order valence-corrected chi connectivity index (χ3v) is 6.33. The number of benzene rings is 2. The lowest BCUT2D eigenvalue weighted by atomic mass is 10.00. The summed E-state index contributed by atoms with van der Waals surface area (Å²) >= 11 is 0. The molecule has 8 nitrogen and oxygen atoms in total. The van der Waals surface area contributed by atoms with Crippen LogP contribution in [0.5, 0.6) is 0 Å². The number of nitrogens with zero attached hydrogens (tertiary/aromatic N) is 5. The summed E-state index contributed by atoms with van der Waals surface area (Å²) in [5.41, 5.74) is 6.33. The van der Waals surface area contributed by atoms with E-state index in [2.05, 4.69) is 20.4 Å². The Kier molecular flexibility index (Phi) is 5.93. The normalized spacial score (nSPS) is 15.2. The third kappa shape index (κ3) is 4.17. The molecule has 0 aliphatic carbocycles. The van der Waals surface area contributed by atoms with Crippen molar-refractivity contribution in [3.8, 4) is 22.6 Å². The summed E-state index contributed by atoms with van der Waals surface area (Å²) in [6.07, 6.45) is 5.33. The van der Waals surface area contributed by atoms with Crippen molar-refractivity contribution in [1.29, 1.82) is 0 Å². The number of rotatable bonds is 5. The van der Waals surface area contributed by atoms with E-state index < -0.39 is 17.7 Å². The number of hydrazone groups is 1. The molecule has 1 aliphatic rings. The van der Waals surface area contributed by atoms with Gasteiger partial charge in [0.2, 0.25) is 5.91 Å². The van der Waals surface area contributed by atoms with Crippen LogP contribution in [0.25, 0.3) is 22.6 Å². The van der Waals surface area contributed by atoms with Crippen LogP contribution in [0.3, 0.4) is 0 Å². The van der Waals surface area contributed by atoms with Gasteiger partial charge >= 0.3 is 0 Å². The van der Waals surface area contributed by atoms with E-state index in [9.17, 15) is 9.59 Å². The van der Waals surface area contributed by atoms with E-state index >= 15 is 0 Å². The lowest BCUT2D eigenvalue weighted by Crippen LogP contribution is -2.36. The molecule has 0 saturated heterocycles. The molecule has 0 radical (unpaired) electrons. The van der Waals surface area contributed by atoms with Crippen molar-refractivity contribution in [2.45, 2.75) is 20.8 Å². The lowest BCUT2D eigenvalue weighted by Gasteiger charge is -2.17. The topological polar surface area (TPSA) is 92.5 Å². The second-order valence-electron chi connectivity index (χ2n) is 8.92. The predicted octanol–water partition coefficient (Wildman–Crippen LogP) is 4.74. The van der Waals surface area contributed by atoms with Gasteiger partial charge < -0.3 is 9.88 Å². The minimum atomic E-state index is -1.01. The fourth-order valence-corrected chi connectivity index (χ4v) is 4.41. The van der Waals surface area contributed by atoms with E-state index in [0.29, 0.717) is 17.1 Å². The monoisotopic (exact) mass is 478 g/mol. The molecule has 4 aromatic rings. The number of aromatic nitrogens is 3. The molecule has 0 fully saturated rings. The van der Waals surface area contributed by atoms with Gasteiger partial charge in [-0.1, -0.05) is 24.3 Å². The molecule has 1 atom stereocenters. The van der Waals surface area contributed by atoms with Gasteiger partial charge in [-0.3, -0.25) is 14.6 Å². The first-order valence-electron chi connectivity index (χ1n) is 11.6. The smallest absolute Gasteiger partial charge is 0.265 e. The summed E-state index contributed by atoms with van der Waals surface area (Å²) in [5.74, 6) is -1.04. The molecule has 2 aromatic carbocycles. The molecule has 1 aliphatic heterocycles. The van der Waals surface area contributed by atoms with Crippen LogP contribution in [-0.4, -0.2) is 32.1 Å². The van der Waals surface area contributed by atoms with E-state index in [1.807, 2.05) is 80.2 Å². The summed E-state index contributed by atoms with van der Waals surface area (Å²) in [4.78, 5) is 35.4. The molecule has 180 valence electrons. The first kappa shape index (κ1) is 23.2. The van der Waals surface area contributed by atoms with Crippen LogP contribution in [-0.2, 0) is 16.6 Å². The van der Waals surface area contributed by atoms with Gasteiger partial charge in [0.15, 0.2) is 5.92 Å². The zero-order valence-corrected chi connectivity index (χ0v) is 20.6. The van der Waals surface area contributed by atoms with Crippen LogP contribution in [0, 0.1) is 19.8 Å². The second kappa shape index (κ2) is 9.22. The maximum Gasteiger partial charge on any atom is 0.265 e. The Labute approximate surface area is 209 Å². The lowest BCUT2D eigenvalue weighted by molar-refractivity contribution is -0.127. The number of carbonyl (C=O) groups excluding carboxylic acids is 2. The van der Waals surface area contributed by atoms with Gasteiger partial charge in [-0.25, -0.2) is 4.98 Å². The third-order valence-electron chi connectivity index (χ3n) is 6.33. The highest BCUT2D eigenvalue weighted by Gasteiger charge is 2.40. The molecule has 1 N–H and O–H groups in total. The molecule has 36 heavy (non-hydrogen) atoms. The molecular weight excluding hydrogens is 452 g/mol. The van der Waals surface area contributed by atoms with E-state index in [1.165, 1.54) is 5.01 Å². The number of hydrogen-bond acceptors (Lipinski definition) is 5. The van der Waals surface area contributed by atoms with Crippen molar-refractivity contribution in [2.75, 3.05) is 10.3 Å². The first-order chi connectivity index (χ1) is 17.3. The second-order valence-corrected chi connectivity index (χ2v) is 8.92. The van der Waals surface area contributed by atoms with Gasteiger partial charge in [0.1, 0.15) is 5.82 Å². The van der Waals surface area contributed by atoms with E-state index in [0.717, 1.165) is 33.8 Å². The first-order valence-corrected chi connectivity index (χ1v) is 11.6. The van der Waals surface area contributed by atoms with Crippen LogP contribution in [0.1, 0.15) is 18.1 Å². The molecule has 2 amide bonds. The summed E-state index contributed by atoms with van der Waals surface area (Å²) in [6.45, 7) is 5.70. The zero-order chi connectivity index (χ0) is 25.4. The maximum atomic E-state index is 13.4. The summed E-state index contributed by atoms with van der Waals surface area (Å²) < 4.78 is 1.90. The molecule has 1 unspecified atom stereocenters. The number of carbonyl (C=O) groups is 2. The minimum absolute atomic E-state index is 0.391. The number of nitrogens with one attached hydrogen (secondary N) is 1. The summed E-state index contributed by atoms with van der Waals surface area (Å²) in [6, 6.07) is 17.0. The van der Waals surface area contributed by atoms with Crippen LogP contribution < -0.4 is 10.3 Å². The number of aryl methyl sites for hydroxylation is 3. The van der Waals surface area contributed by atoms with Gasteiger partial charge in [-0.2, -0.15) is 10.1 Å². The Morgan fingerprint density at radius 2 is 1.78 bits per heavy atom. The van der Waals surface area contributed by atoms with Gasteiger partial charge in [0.05, 0.1) is 17.1 Å². The average molecular weight is 479 g/mol. The Bertz CT molecular complexity index is 1520. The summed E-state index contributed by atoms with van der Waals surface area (Å²) in [7, 11) is 1.91. The van der Waals surface area contributed by atoms with E-state index in [4.69, 9.17) is 0 Å². The molecule has 0 spiro atoms. The summed E-state index contributed by atoms with van der Waals surface area (Å²) in [5, 5.41) is 8.64. The van der Waals surface area contributed by atoms with Crippen LogP contribution in [0.2, 0.25) is 0 Å². The number of hydrogen-bond donors (Lipinski definition) is 1. The molecule has 8 heteroatoms. The van der Waals surface area contributed by atoms with Crippen LogP contribution >= 0.6 is 0 Å². The van der Waals surface area contributed by atoms with Gasteiger partial charge in [0.25, 0.3) is 5.91 Å². The standard InChI is InChI=1S/C28H26N6O2/c1-17-10-11-22(16-23(17)25-18(2)7-6-12-29-25)34-28(36)24(19(3)32-34)27(35)31-21-9-5-8-20(15-21)26-30-13-14-33(26)4/h5-16,24H,1-4H3,(H,31,35). The number of imidazole rings is 1. The molecule has 2 aromatic heterocycles. The predicted molar refractivity (Wildman–Crippen MR) is 141 cm³/mol. The van der Waals surface area contributed by atoms with Crippen molar-refractivity contribution in [3.63, 3.8) is 0 Å². The van der Waals surface area contributed by atoms with E-state index in [1.54, 1.807) is 25.4 Å². The molecule has 0 bridgehead atoms. The number of anilines is 2. The van der Waals surface area contributed by atoms with Crippen molar-refractivity contribution >= 4 is 28.9 Å². The number of pyridine rings is 1. The fourth-order valence-electron chi connectivity index (χ4n) is 4.41. The van der Waals surface area contributed by atoms with Crippen molar-refractivity contribution in [3.05, 3.63) is 84.3 Å². The quantitative estimate of drug-likeness (QED) is 0.419. The SMILES string of the molecule is CC1=NN(c2ccc(C)c(-c3ncccc3C)c2)C(=O)C1C(=O)Nc1cccc(-c2nccn2C)c1. The van der Waals surface area contributed by atoms with Gasteiger partial charge in [0, 0.05) is 42.5 Å². The Morgan fingerprint density at radius 1 is 0.944 bits per heavy atom. The van der Waals surface area contributed by atoms with E-state index in [-0.39, 0.29) is 0 Å². The average Bonchev–Trinajstić information content (AvgIpc) is 3.42. The highest BCUT2D eigenvalue weighted by molar-refractivity contribution is 6.28. The molecule has 3 heterocycles. The Hall–Kier alpha value is -4.59. The highest BCUT2D eigenvalue weighted by Crippen LogP contribution is 2.32. The maximum absolute atomic E-state index is 13.4. The van der Waals surface area contributed by atoms with Gasteiger partial charge in [-0.05, 0) is 62.2 Å². The zero-order valence-electron chi connectivity index (χ0n) is 20.6. The van der Waals surface area contributed by atoms with Crippen molar-refractivity contribution < 1.29 is 9.59 Å². The fraction of sp³-hybridized carbons (Fsp3) is 0.179.